The molecule has 4 heterocycles. The van der Waals surface area contributed by atoms with Gasteiger partial charge in [0.25, 0.3) is 0 Å². The molecule has 0 spiro atoms. The first-order valence-electron chi connectivity index (χ1n) is 13.4. The van der Waals surface area contributed by atoms with Crippen LogP contribution in [0.1, 0.15) is 22.8 Å². The minimum atomic E-state index is -0.669. The van der Waals surface area contributed by atoms with Crippen molar-refractivity contribution in [1.82, 2.24) is 24.3 Å². The fourth-order valence-corrected chi connectivity index (χ4v) is 5.03. The van der Waals surface area contributed by atoms with Crippen LogP contribution >= 0.6 is 0 Å². The van der Waals surface area contributed by atoms with Gasteiger partial charge >= 0.3 is 5.97 Å². The number of anilines is 2. The Morgan fingerprint density at radius 2 is 1.63 bits per heavy atom. The molecule has 6 rings (SSSR count). The lowest BCUT2D eigenvalue weighted by atomic mass is 10.1. The van der Waals surface area contributed by atoms with Gasteiger partial charge in [0.15, 0.2) is 5.65 Å². The van der Waals surface area contributed by atoms with Crippen molar-refractivity contribution < 1.29 is 13.9 Å². The minimum absolute atomic E-state index is 0.0477. The van der Waals surface area contributed by atoms with Crippen LogP contribution in [0.3, 0.4) is 0 Å². The van der Waals surface area contributed by atoms with E-state index >= 15 is 0 Å². The topological polar surface area (TPSA) is 98.4 Å². The molecule has 0 N–H and O–H groups in total. The van der Waals surface area contributed by atoms with E-state index in [0.717, 1.165) is 35.8 Å². The number of pyridine rings is 2. The van der Waals surface area contributed by atoms with Crippen molar-refractivity contribution in [1.29, 1.82) is 0 Å². The third-order valence-electron chi connectivity index (χ3n) is 7.15. The number of ether oxygens (including phenoxy) is 1. The van der Waals surface area contributed by atoms with E-state index in [4.69, 9.17) is 9.72 Å². The van der Waals surface area contributed by atoms with Gasteiger partial charge in [0.1, 0.15) is 29.9 Å². The summed E-state index contributed by atoms with van der Waals surface area (Å²) in [6, 6.07) is 17.8. The van der Waals surface area contributed by atoms with Crippen LogP contribution in [-0.2, 0) is 11.3 Å². The number of fused-ring (bicyclic) bond motifs is 1. The van der Waals surface area contributed by atoms with Gasteiger partial charge in [0.05, 0.1) is 18.5 Å². The lowest BCUT2D eigenvalue weighted by molar-refractivity contribution is 0.0524. The summed E-state index contributed by atoms with van der Waals surface area (Å²) in [6.07, 6.45) is 4.65. The number of aromatic nitrogens is 5. The molecule has 2 aromatic carbocycles. The highest BCUT2D eigenvalue weighted by Crippen LogP contribution is 2.24. The summed E-state index contributed by atoms with van der Waals surface area (Å²) in [6.45, 7) is 5.32. The fourth-order valence-electron chi connectivity index (χ4n) is 5.03. The molecule has 0 amide bonds. The Kier molecular flexibility index (Phi) is 7.15. The van der Waals surface area contributed by atoms with Gasteiger partial charge in [-0.15, -0.1) is 0 Å². The highest BCUT2D eigenvalue weighted by atomic mass is 19.1. The van der Waals surface area contributed by atoms with Crippen molar-refractivity contribution in [3.05, 3.63) is 107 Å². The van der Waals surface area contributed by atoms with Crippen LogP contribution in [0, 0.1) is 5.82 Å². The van der Waals surface area contributed by atoms with Crippen molar-refractivity contribution in [2.75, 3.05) is 42.6 Å². The third-order valence-corrected chi connectivity index (χ3v) is 7.15. The molecule has 10 nitrogen and oxygen atoms in total. The van der Waals surface area contributed by atoms with Gasteiger partial charge in [-0.05, 0) is 61.0 Å². The molecule has 1 saturated heterocycles. The third kappa shape index (κ3) is 5.38. The average molecular weight is 554 g/mol. The zero-order valence-corrected chi connectivity index (χ0v) is 22.5. The lowest BCUT2D eigenvalue weighted by Gasteiger charge is -2.36. The molecule has 208 valence electrons. The summed E-state index contributed by atoms with van der Waals surface area (Å²) in [5.74, 6) is -0.192. The van der Waals surface area contributed by atoms with E-state index in [1.807, 2.05) is 30.3 Å². The van der Waals surface area contributed by atoms with E-state index < -0.39 is 11.4 Å². The monoisotopic (exact) mass is 553 g/mol. The predicted octanol–water partition coefficient (Wildman–Crippen LogP) is 3.67. The number of halogens is 1. The molecule has 0 atom stereocenters. The summed E-state index contributed by atoms with van der Waals surface area (Å²) < 4.78 is 22.0. The Morgan fingerprint density at radius 3 is 2.32 bits per heavy atom. The second kappa shape index (κ2) is 11.2. The zero-order valence-electron chi connectivity index (χ0n) is 22.5. The number of hydrogen-bond acceptors (Lipinski definition) is 8. The van der Waals surface area contributed by atoms with Crippen LogP contribution in [0.15, 0.2) is 84.3 Å². The van der Waals surface area contributed by atoms with Crippen LogP contribution in [0.5, 0.6) is 0 Å². The van der Waals surface area contributed by atoms with Gasteiger partial charge in [-0.3, -0.25) is 4.79 Å². The summed E-state index contributed by atoms with van der Waals surface area (Å²) in [5.41, 5.74) is 2.72. The molecule has 1 aliphatic rings. The van der Waals surface area contributed by atoms with Crippen molar-refractivity contribution in [2.24, 2.45) is 0 Å². The van der Waals surface area contributed by atoms with Crippen LogP contribution in [0.2, 0.25) is 0 Å². The number of nitrogens with zero attached hydrogens (tertiary/aromatic N) is 7. The van der Waals surface area contributed by atoms with Crippen molar-refractivity contribution >= 4 is 28.5 Å². The zero-order chi connectivity index (χ0) is 28.3. The molecule has 5 aromatic rings. The molecular formula is C30H28FN7O3. The molecule has 3 aromatic heterocycles. The molecule has 0 radical (unpaired) electrons. The van der Waals surface area contributed by atoms with E-state index in [1.165, 1.54) is 24.7 Å². The standard InChI is InChI=1S/C30H28FN7O3/c1-2-41-30(40)26-18-38(24-7-3-21(4-8-24)17-37-20-32-19-33-37)29-25(28(26)39)11-12-27(34-29)36-15-13-35(14-16-36)23-9-5-22(31)6-10-23/h3-12,18-20H,2,13-17H2,1H3. The Hall–Kier alpha value is -5.06. The maximum Gasteiger partial charge on any atom is 0.343 e. The normalized spacial score (nSPS) is 13.5. The SMILES string of the molecule is CCOC(=O)c1cn(-c2ccc(Cn3cncn3)cc2)c2nc(N3CCN(c4ccc(F)cc4)CC3)ccc2c1=O. The van der Waals surface area contributed by atoms with E-state index in [-0.39, 0.29) is 18.0 Å². The smallest absolute Gasteiger partial charge is 0.343 e. The number of hydrogen-bond donors (Lipinski definition) is 0. The molecule has 0 aliphatic carbocycles. The largest absolute Gasteiger partial charge is 0.462 e. The Morgan fingerprint density at radius 1 is 0.927 bits per heavy atom. The molecule has 0 bridgehead atoms. The van der Waals surface area contributed by atoms with Crippen molar-refractivity contribution in [3.8, 4) is 5.69 Å². The highest BCUT2D eigenvalue weighted by molar-refractivity contribution is 5.93. The minimum Gasteiger partial charge on any atom is -0.462 e. The average Bonchev–Trinajstić information content (AvgIpc) is 3.51. The van der Waals surface area contributed by atoms with Gasteiger partial charge < -0.3 is 19.1 Å². The number of esters is 1. The van der Waals surface area contributed by atoms with Crippen LogP contribution in [0.25, 0.3) is 16.7 Å². The van der Waals surface area contributed by atoms with E-state index in [1.54, 1.807) is 40.7 Å². The molecule has 11 heteroatoms. The van der Waals surface area contributed by atoms with E-state index in [0.29, 0.717) is 30.7 Å². The highest BCUT2D eigenvalue weighted by Gasteiger charge is 2.22. The molecule has 41 heavy (non-hydrogen) atoms. The second-order valence-corrected chi connectivity index (χ2v) is 9.71. The number of piperazine rings is 1. The number of rotatable bonds is 7. The number of benzene rings is 2. The molecule has 0 unspecified atom stereocenters. The second-order valence-electron chi connectivity index (χ2n) is 9.71. The molecule has 1 aliphatic heterocycles. The molecule has 0 saturated carbocycles. The molecule has 1 fully saturated rings. The van der Waals surface area contributed by atoms with Crippen LogP contribution < -0.4 is 15.2 Å². The fraction of sp³-hybridized carbons (Fsp3) is 0.233. The molecular weight excluding hydrogens is 525 g/mol. The predicted molar refractivity (Wildman–Crippen MR) is 153 cm³/mol. The number of carbonyl (C=O) groups is 1. The van der Waals surface area contributed by atoms with E-state index in [2.05, 4.69) is 19.9 Å². The van der Waals surface area contributed by atoms with Gasteiger partial charge in [-0.2, -0.15) is 5.10 Å². The Bertz CT molecular complexity index is 1730. The Labute approximate surface area is 235 Å². The first-order chi connectivity index (χ1) is 20.0. The van der Waals surface area contributed by atoms with Crippen molar-refractivity contribution in [3.63, 3.8) is 0 Å². The first kappa shape index (κ1) is 26.2. The van der Waals surface area contributed by atoms with Crippen LogP contribution in [0.4, 0.5) is 15.9 Å². The van der Waals surface area contributed by atoms with Gasteiger partial charge in [0, 0.05) is 43.8 Å². The van der Waals surface area contributed by atoms with Gasteiger partial charge in [-0.25, -0.2) is 23.8 Å². The van der Waals surface area contributed by atoms with E-state index in [9.17, 15) is 14.0 Å². The summed E-state index contributed by atoms with van der Waals surface area (Å²) in [5, 5.41) is 4.48. The summed E-state index contributed by atoms with van der Waals surface area (Å²) in [7, 11) is 0. The van der Waals surface area contributed by atoms with Crippen LogP contribution in [-0.4, -0.2) is 63.1 Å². The quantitative estimate of drug-likeness (QED) is 0.282. The lowest BCUT2D eigenvalue weighted by Crippen LogP contribution is -2.46. The Balaban J connectivity index is 1.34. The van der Waals surface area contributed by atoms with Gasteiger partial charge in [0.2, 0.25) is 5.43 Å². The maximum absolute atomic E-state index is 13.4. The first-order valence-corrected chi connectivity index (χ1v) is 13.4. The maximum atomic E-state index is 13.4. The van der Waals surface area contributed by atoms with Crippen molar-refractivity contribution in [2.45, 2.75) is 13.5 Å². The van der Waals surface area contributed by atoms with Gasteiger partial charge in [-0.1, -0.05) is 12.1 Å². The number of carbonyl (C=O) groups excluding carboxylic acids is 1. The summed E-state index contributed by atoms with van der Waals surface area (Å²) in [4.78, 5) is 39.3. The summed E-state index contributed by atoms with van der Waals surface area (Å²) >= 11 is 0.